The first-order valence-corrected chi connectivity index (χ1v) is 11.3. The van der Waals surface area contributed by atoms with Gasteiger partial charge < -0.3 is 10.2 Å². The summed E-state index contributed by atoms with van der Waals surface area (Å²) in [6.07, 6.45) is 3.62. The van der Waals surface area contributed by atoms with Crippen molar-refractivity contribution in [2.45, 2.75) is 38.0 Å². The van der Waals surface area contributed by atoms with Crippen molar-refractivity contribution < 1.29 is 8.42 Å². The van der Waals surface area contributed by atoms with E-state index in [1.165, 1.54) is 25.3 Å². The van der Waals surface area contributed by atoms with Crippen LogP contribution in [0.4, 0.5) is 11.8 Å². The number of aryl methyl sites for hydroxylation is 2. The quantitative estimate of drug-likeness (QED) is 0.665. The number of nitrogens with zero attached hydrogens (tertiary/aromatic N) is 3. The lowest BCUT2D eigenvalue weighted by Gasteiger charge is -2.28. The Morgan fingerprint density at radius 3 is 2.57 bits per heavy atom. The molecule has 7 nitrogen and oxygen atoms in total. The number of hydrogen-bond donors (Lipinski definition) is 2. The molecule has 1 saturated heterocycles. The lowest BCUT2D eigenvalue weighted by atomic mass is 10.1. The van der Waals surface area contributed by atoms with E-state index >= 15 is 0 Å². The number of hydrogen-bond acceptors (Lipinski definition) is 6. The zero-order valence-corrected chi connectivity index (χ0v) is 17.8. The number of aromatic nitrogens is 2. The van der Waals surface area contributed by atoms with Gasteiger partial charge in [0.2, 0.25) is 16.0 Å². The summed E-state index contributed by atoms with van der Waals surface area (Å²) in [6.45, 7) is 6.28. The first-order chi connectivity index (χ1) is 13.3. The van der Waals surface area contributed by atoms with Gasteiger partial charge in [0, 0.05) is 43.0 Å². The Hall–Kier alpha value is -1.90. The van der Waals surface area contributed by atoms with Crippen molar-refractivity contribution >= 4 is 33.4 Å². The van der Waals surface area contributed by atoms with E-state index in [-0.39, 0.29) is 11.4 Å². The van der Waals surface area contributed by atoms with Gasteiger partial charge in [-0.05, 0) is 50.8 Å². The third-order valence-corrected chi connectivity index (χ3v) is 6.50. The molecule has 0 amide bonds. The Balaban J connectivity index is 1.59. The van der Waals surface area contributed by atoms with Gasteiger partial charge in [-0.1, -0.05) is 17.7 Å². The molecule has 1 aromatic carbocycles. The smallest absolute Gasteiger partial charge is 0.240 e. The molecule has 2 N–H and O–H groups in total. The molecule has 0 unspecified atom stereocenters. The standard InChI is InChI=1S/C19H26ClN5O2S/c1-14-6-7-16(20)13-17(14)28(26,27)22-9-8-21-19-23-15(2)12-18(24-19)25-10-4-3-5-11-25/h6-7,12-13,22H,3-5,8-11H2,1-2H3,(H,21,23,24). The van der Waals surface area contributed by atoms with Crippen LogP contribution in [0.15, 0.2) is 29.2 Å². The molecule has 2 aromatic rings. The van der Waals surface area contributed by atoms with Crippen LogP contribution in [0.3, 0.4) is 0 Å². The van der Waals surface area contributed by atoms with Crippen LogP contribution in [0.25, 0.3) is 0 Å². The fraction of sp³-hybridized carbons (Fsp3) is 0.474. The second-order valence-electron chi connectivity index (χ2n) is 6.97. The Labute approximate surface area is 171 Å². The predicted molar refractivity (Wildman–Crippen MR) is 113 cm³/mol. The van der Waals surface area contributed by atoms with E-state index < -0.39 is 10.0 Å². The molecule has 0 atom stereocenters. The van der Waals surface area contributed by atoms with E-state index in [0.717, 1.165) is 24.6 Å². The number of nitrogens with one attached hydrogen (secondary N) is 2. The first kappa shape index (κ1) is 20.8. The number of piperidine rings is 1. The maximum atomic E-state index is 12.5. The van der Waals surface area contributed by atoms with Crippen LogP contribution in [0.2, 0.25) is 5.02 Å². The van der Waals surface area contributed by atoms with Crippen LogP contribution in [0, 0.1) is 13.8 Å². The van der Waals surface area contributed by atoms with Gasteiger partial charge >= 0.3 is 0 Å². The normalized spacial score (nSPS) is 14.9. The molecule has 0 radical (unpaired) electrons. The van der Waals surface area contributed by atoms with Gasteiger partial charge in [-0.2, -0.15) is 4.98 Å². The highest BCUT2D eigenvalue weighted by molar-refractivity contribution is 7.89. The number of halogens is 1. The highest BCUT2D eigenvalue weighted by Gasteiger charge is 2.17. The number of sulfonamides is 1. The van der Waals surface area contributed by atoms with Gasteiger partial charge in [-0.3, -0.25) is 0 Å². The molecule has 1 fully saturated rings. The van der Waals surface area contributed by atoms with E-state index in [0.29, 0.717) is 23.1 Å². The molecule has 9 heteroatoms. The van der Waals surface area contributed by atoms with Crippen LogP contribution in [0.1, 0.15) is 30.5 Å². The van der Waals surface area contributed by atoms with Gasteiger partial charge in [0.1, 0.15) is 5.82 Å². The molecule has 0 spiro atoms. The van der Waals surface area contributed by atoms with Gasteiger partial charge in [-0.15, -0.1) is 0 Å². The van der Waals surface area contributed by atoms with Crippen LogP contribution in [-0.4, -0.2) is 44.6 Å². The lowest BCUT2D eigenvalue weighted by Crippen LogP contribution is -2.31. The van der Waals surface area contributed by atoms with Crippen molar-refractivity contribution in [2.75, 3.05) is 36.4 Å². The molecule has 2 heterocycles. The highest BCUT2D eigenvalue weighted by atomic mass is 35.5. The topological polar surface area (TPSA) is 87.2 Å². The second-order valence-corrected chi connectivity index (χ2v) is 9.15. The van der Waals surface area contributed by atoms with E-state index in [2.05, 4.69) is 24.9 Å². The summed E-state index contributed by atoms with van der Waals surface area (Å²) in [7, 11) is -3.62. The van der Waals surface area contributed by atoms with E-state index in [4.69, 9.17) is 11.6 Å². The van der Waals surface area contributed by atoms with Crippen molar-refractivity contribution in [3.63, 3.8) is 0 Å². The zero-order chi connectivity index (χ0) is 20.1. The molecule has 1 aromatic heterocycles. The molecular formula is C19H26ClN5O2S. The SMILES string of the molecule is Cc1cc(N2CCCCC2)nc(NCCNS(=O)(=O)c2cc(Cl)ccc2C)n1. The minimum atomic E-state index is -3.62. The van der Waals surface area contributed by atoms with E-state index in [1.807, 2.05) is 13.0 Å². The van der Waals surface area contributed by atoms with Crippen LogP contribution in [0.5, 0.6) is 0 Å². The summed E-state index contributed by atoms with van der Waals surface area (Å²) in [5, 5.41) is 3.50. The third kappa shape index (κ3) is 5.33. The highest BCUT2D eigenvalue weighted by Crippen LogP contribution is 2.21. The summed E-state index contributed by atoms with van der Waals surface area (Å²) in [4.78, 5) is 11.5. The number of rotatable bonds is 7. The maximum Gasteiger partial charge on any atom is 0.240 e. The van der Waals surface area contributed by atoms with Crippen LogP contribution in [-0.2, 0) is 10.0 Å². The average molecular weight is 424 g/mol. The Morgan fingerprint density at radius 2 is 1.82 bits per heavy atom. The number of anilines is 2. The molecular weight excluding hydrogens is 398 g/mol. The third-order valence-electron chi connectivity index (χ3n) is 4.66. The first-order valence-electron chi connectivity index (χ1n) is 9.45. The maximum absolute atomic E-state index is 12.5. The summed E-state index contributed by atoms with van der Waals surface area (Å²) < 4.78 is 27.6. The zero-order valence-electron chi connectivity index (χ0n) is 16.2. The second kappa shape index (κ2) is 9.07. The molecule has 0 saturated carbocycles. The van der Waals surface area contributed by atoms with E-state index in [9.17, 15) is 8.42 Å². The molecule has 3 rings (SSSR count). The molecule has 0 bridgehead atoms. The molecule has 1 aliphatic rings. The fourth-order valence-electron chi connectivity index (χ4n) is 3.22. The van der Waals surface area contributed by atoms with Gasteiger partial charge in [0.05, 0.1) is 4.90 Å². The van der Waals surface area contributed by atoms with Crippen molar-refractivity contribution in [2.24, 2.45) is 0 Å². The van der Waals surface area contributed by atoms with Crippen molar-refractivity contribution in [1.82, 2.24) is 14.7 Å². The minimum Gasteiger partial charge on any atom is -0.356 e. The van der Waals surface area contributed by atoms with Crippen LogP contribution >= 0.6 is 11.6 Å². The summed E-state index contributed by atoms with van der Waals surface area (Å²) >= 11 is 5.93. The summed E-state index contributed by atoms with van der Waals surface area (Å²) in [5.74, 6) is 1.43. The van der Waals surface area contributed by atoms with Crippen molar-refractivity contribution in [3.8, 4) is 0 Å². The van der Waals surface area contributed by atoms with Crippen molar-refractivity contribution in [1.29, 1.82) is 0 Å². The van der Waals surface area contributed by atoms with Crippen LogP contribution < -0.4 is 14.9 Å². The Bertz CT molecular complexity index is 930. The molecule has 0 aliphatic carbocycles. The molecule has 152 valence electrons. The largest absolute Gasteiger partial charge is 0.356 e. The predicted octanol–water partition coefficient (Wildman–Crippen LogP) is 3.13. The molecule has 1 aliphatic heterocycles. The average Bonchev–Trinajstić information content (AvgIpc) is 2.67. The van der Waals surface area contributed by atoms with Gasteiger partial charge in [0.25, 0.3) is 0 Å². The fourth-order valence-corrected chi connectivity index (χ4v) is 4.75. The van der Waals surface area contributed by atoms with E-state index in [1.54, 1.807) is 19.1 Å². The Morgan fingerprint density at radius 1 is 1.07 bits per heavy atom. The van der Waals surface area contributed by atoms with Gasteiger partial charge in [-0.25, -0.2) is 18.1 Å². The molecule has 28 heavy (non-hydrogen) atoms. The van der Waals surface area contributed by atoms with Crippen molar-refractivity contribution in [3.05, 3.63) is 40.5 Å². The van der Waals surface area contributed by atoms with Gasteiger partial charge in [0.15, 0.2) is 0 Å². The Kier molecular flexibility index (Phi) is 6.74. The summed E-state index contributed by atoms with van der Waals surface area (Å²) in [6, 6.07) is 6.81. The lowest BCUT2D eigenvalue weighted by molar-refractivity contribution is 0.573. The minimum absolute atomic E-state index is 0.194. The monoisotopic (exact) mass is 423 g/mol. The summed E-state index contributed by atoms with van der Waals surface area (Å²) in [5.41, 5.74) is 1.53. The number of benzene rings is 1.